The fourth-order valence-electron chi connectivity index (χ4n) is 1.18. The minimum absolute atomic E-state index is 0.675. The topological polar surface area (TPSA) is 9.23 Å². The summed E-state index contributed by atoms with van der Waals surface area (Å²) in [6.45, 7) is 8.44. The summed E-state index contributed by atoms with van der Waals surface area (Å²) in [6, 6.07) is 3.89. The quantitative estimate of drug-likeness (QED) is 0.722. The zero-order valence-corrected chi connectivity index (χ0v) is 8.82. The molecule has 0 atom stereocenters. The predicted molar refractivity (Wildman–Crippen MR) is 56.4 cm³/mol. The molecule has 0 amide bonds. The number of benzene rings is 1. The summed E-state index contributed by atoms with van der Waals surface area (Å²) in [4.78, 5) is 0. The maximum Gasteiger partial charge on any atom is 0.122 e. The van der Waals surface area contributed by atoms with Crippen molar-refractivity contribution in [2.75, 3.05) is 6.61 Å². The van der Waals surface area contributed by atoms with E-state index < -0.39 is 0 Å². The van der Waals surface area contributed by atoms with Gasteiger partial charge in [0.1, 0.15) is 5.75 Å². The Kier molecular flexibility index (Phi) is 3.61. The number of hydrogen-bond donors (Lipinski definition) is 0. The van der Waals surface area contributed by atoms with Crippen molar-refractivity contribution in [2.45, 2.75) is 20.3 Å². The van der Waals surface area contributed by atoms with Gasteiger partial charge in [0.2, 0.25) is 0 Å². The first-order chi connectivity index (χ1) is 6.19. The van der Waals surface area contributed by atoms with Gasteiger partial charge in [0.15, 0.2) is 0 Å². The monoisotopic (exact) mass is 197 g/mol. The Hall–Kier alpha value is -0.690. The molecule has 1 rings (SSSR count). The number of ether oxygens (including phenoxy) is 1. The summed E-state index contributed by atoms with van der Waals surface area (Å²) in [5.41, 5.74) is 2.11. The summed E-state index contributed by atoms with van der Waals surface area (Å²) in [6.07, 6.45) is 0.704. The lowest BCUT2D eigenvalue weighted by Gasteiger charge is -2.10. The van der Waals surface area contributed by atoms with Crippen molar-refractivity contribution < 1.29 is 4.74 Å². The van der Waals surface area contributed by atoms with Gasteiger partial charge in [-0.1, -0.05) is 11.6 Å². The molecule has 0 bridgehead atoms. The third kappa shape index (κ3) is 2.38. The molecule has 0 heterocycles. The highest BCUT2D eigenvalue weighted by Crippen LogP contribution is 2.26. The van der Waals surface area contributed by atoms with Crippen molar-refractivity contribution in [1.29, 1.82) is 0 Å². The summed E-state index contributed by atoms with van der Waals surface area (Å²) in [5.74, 6) is 0.902. The van der Waals surface area contributed by atoms with E-state index in [1.165, 1.54) is 0 Å². The van der Waals surface area contributed by atoms with E-state index >= 15 is 0 Å². The van der Waals surface area contributed by atoms with Gasteiger partial charge in [-0.3, -0.25) is 0 Å². The van der Waals surface area contributed by atoms with Gasteiger partial charge >= 0.3 is 0 Å². The molecule has 0 unspecified atom stereocenters. The third-order valence-corrected chi connectivity index (χ3v) is 2.32. The molecule has 1 aromatic rings. The molecule has 0 aliphatic rings. The minimum Gasteiger partial charge on any atom is -0.494 e. The van der Waals surface area contributed by atoms with E-state index in [1.54, 1.807) is 0 Å². The van der Waals surface area contributed by atoms with Crippen LogP contribution in [-0.4, -0.2) is 6.61 Å². The van der Waals surface area contributed by atoms with Gasteiger partial charge in [-0.25, -0.2) is 0 Å². The lowest BCUT2D eigenvalue weighted by molar-refractivity contribution is 0.337. The van der Waals surface area contributed by atoms with Crippen LogP contribution < -0.4 is 4.74 Å². The number of halogens is 1. The van der Waals surface area contributed by atoms with Crippen molar-refractivity contribution >= 4 is 11.6 Å². The molecule has 0 N–H and O–H groups in total. The molecule has 0 aliphatic carbocycles. The number of aryl methyl sites for hydroxylation is 1. The fourth-order valence-corrected chi connectivity index (χ4v) is 1.37. The van der Waals surface area contributed by atoms with Gasteiger partial charge in [0, 0.05) is 5.02 Å². The van der Waals surface area contributed by atoms with E-state index in [-0.39, 0.29) is 0 Å². The van der Waals surface area contributed by atoms with Crippen LogP contribution in [0.1, 0.15) is 18.1 Å². The van der Waals surface area contributed by atoms with Crippen LogP contribution in [0, 0.1) is 13.8 Å². The highest BCUT2D eigenvalue weighted by Gasteiger charge is 2.05. The molecule has 13 heavy (non-hydrogen) atoms. The van der Waals surface area contributed by atoms with Crippen LogP contribution in [0.25, 0.3) is 0 Å². The summed E-state index contributed by atoms with van der Waals surface area (Å²) >= 11 is 5.98. The van der Waals surface area contributed by atoms with Crippen molar-refractivity contribution in [3.63, 3.8) is 0 Å². The molecule has 0 fully saturated rings. The molecule has 2 heteroatoms. The number of rotatable bonds is 3. The Bertz CT molecular complexity index is 294. The van der Waals surface area contributed by atoms with Crippen LogP contribution >= 0.6 is 11.6 Å². The van der Waals surface area contributed by atoms with Crippen LogP contribution in [0.2, 0.25) is 5.02 Å². The first kappa shape index (κ1) is 10.4. The van der Waals surface area contributed by atoms with Crippen molar-refractivity contribution in [2.24, 2.45) is 0 Å². The molecule has 71 valence electrons. The van der Waals surface area contributed by atoms with Crippen LogP contribution in [0.15, 0.2) is 12.1 Å². The van der Waals surface area contributed by atoms with Gasteiger partial charge in [0.05, 0.1) is 6.61 Å². The average Bonchev–Trinajstić information content (AvgIpc) is 2.11. The standard InChI is InChI=1S/C11H14ClO/c1-4-9-7-10(12)8(3)6-11(9)13-5-2/h6-7H,1,4-5H2,2-3H3. The van der Waals surface area contributed by atoms with Gasteiger partial charge in [0.25, 0.3) is 0 Å². The molecule has 0 aliphatic heterocycles. The maximum atomic E-state index is 5.98. The highest BCUT2D eigenvalue weighted by atomic mass is 35.5. The molecule has 0 saturated heterocycles. The van der Waals surface area contributed by atoms with E-state index in [4.69, 9.17) is 16.3 Å². The third-order valence-electron chi connectivity index (χ3n) is 1.91. The van der Waals surface area contributed by atoms with Gasteiger partial charge in [-0.15, -0.1) is 0 Å². The van der Waals surface area contributed by atoms with E-state index in [9.17, 15) is 0 Å². The molecular weight excluding hydrogens is 184 g/mol. The summed E-state index contributed by atoms with van der Waals surface area (Å²) in [5, 5.41) is 0.780. The Morgan fingerprint density at radius 1 is 1.46 bits per heavy atom. The van der Waals surface area contributed by atoms with Crippen LogP contribution in [0.4, 0.5) is 0 Å². The Labute approximate surface area is 84.7 Å². The molecule has 0 aromatic heterocycles. The first-order valence-corrected chi connectivity index (χ1v) is 4.78. The molecule has 1 radical (unpaired) electrons. The Balaban J connectivity index is 3.09. The van der Waals surface area contributed by atoms with Crippen LogP contribution in [0.3, 0.4) is 0 Å². The van der Waals surface area contributed by atoms with Crippen LogP contribution in [-0.2, 0) is 6.42 Å². The smallest absolute Gasteiger partial charge is 0.122 e. The van der Waals surface area contributed by atoms with Crippen molar-refractivity contribution in [3.8, 4) is 5.75 Å². The largest absolute Gasteiger partial charge is 0.494 e. The minimum atomic E-state index is 0.675. The zero-order valence-electron chi connectivity index (χ0n) is 8.06. The fraction of sp³-hybridized carbons (Fsp3) is 0.364. The van der Waals surface area contributed by atoms with E-state index in [2.05, 4.69) is 6.92 Å². The molecular formula is C11H14ClO. The lowest BCUT2D eigenvalue weighted by Crippen LogP contribution is -1.96. The molecule has 1 nitrogen and oxygen atoms in total. The number of hydrogen-bond acceptors (Lipinski definition) is 1. The first-order valence-electron chi connectivity index (χ1n) is 4.40. The second-order valence-corrected chi connectivity index (χ2v) is 3.30. The highest BCUT2D eigenvalue weighted by molar-refractivity contribution is 6.31. The second kappa shape index (κ2) is 4.52. The summed E-state index contributed by atoms with van der Waals surface area (Å²) < 4.78 is 5.47. The maximum absolute atomic E-state index is 5.98. The average molecular weight is 198 g/mol. The Morgan fingerprint density at radius 3 is 2.69 bits per heavy atom. The summed E-state index contributed by atoms with van der Waals surface area (Å²) in [7, 11) is 0. The van der Waals surface area contributed by atoms with Gasteiger partial charge in [-0.2, -0.15) is 0 Å². The molecule has 1 aromatic carbocycles. The predicted octanol–water partition coefficient (Wildman–Crippen LogP) is 3.42. The van der Waals surface area contributed by atoms with Crippen molar-refractivity contribution in [3.05, 3.63) is 35.2 Å². The molecule has 0 spiro atoms. The molecule has 0 saturated carbocycles. The SMILES string of the molecule is [CH2]Cc1cc(Cl)c(C)cc1OCC. The lowest BCUT2D eigenvalue weighted by atomic mass is 10.1. The van der Waals surface area contributed by atoms with Gasteiger partial charge < -0.3 is 4.74 Å². The van der Waals surface area contributed by atoms with Gasteiger partial charge in [-0.05, 0) is 50.5 Å². The normalized spacial score (nSPS) is 10.2. The van der Waals surface area contributed by atoms with Crippen molar-refractivity contribution in [1.82, 2.24) is 0 Å². The zero-order chi connectivity index (χ0) is 9.84. The van der Waals surface area contributed by atoms with Crippen LogP contribution in [0.5, 0.6) is 5.75 Å². The van der Waals surface area contributed by atoms with E-state index in [0.29, 0.717) is 13.0 Å². The second-order valence-electron chi connectivity index (χ2n) is 2.89. The Morgan fingerprint density at radius 2 is 2.15 bits per heavy atom. The van der Waals surface area contributed by atoms with E-state index in [1.807, 2.05) is 26.0 Å². The van der Waals surface area contributed by atoms with E-state index in [0.717, 1.165) is 21.9 Å².